The van der Waals surface area contributed by atoms with Crippen molar-refractivity contribution >= 4 is 6.09 Å². The molecule has 0 saturated carbocycles. The number of nitrogens with zero attached hydrogens (tertiary/aromatic N) is 1. The summed E-state index contributed by atoms with van der Waals surface area (Å²) in [7, 11) is 0. The Bertz CT molecular complexity index is 174. The largest absolute Gasteiger partial charge is 0.513 e. The molecule has 0 bridgehead atoms. The van der Waals surface area contributed by atoms with Crippen molar-refractivity contribution in [3.05, 3.63) is 0 Å². The van der Waals surface area contributed by atoms with E-state index in [4.69, 9.17) is 5.11 Å². The van der Waals surface area contributed by atoms with Gasteiger partial charge in [0, 0.05) is 13.1 Å². The third-order valence-corrected chi connectivity index (χ3v) is 2.74. The summed E-state index contributed by atoms with van der Waals surface area (Å²) in [6, 6.07) is 0.171. The van der Waals surface area contributed by atoms with Crippen LogP contribution in [0, 0.1) is 0 Å². The van der Waals surface area contributed by atoms with Crippen LogP contribution in [0.15, 0.2) is 0 Å². The number of amides is 1. The van der Waals surface area contributed by atoms with Crippen LogP contribution < -0.4 is 5.32 Å². The van der Waals surface area contributed by atoms with E-state index in [1.807, 2.05) is 13.8 Å². The SMILES string of the molecule is CC(C)[N+]1(C(=O)O)CCNCC1. The van der Waals surface area contributed by atoms with E-state index in [9.17, 15) is 4.79 Å². The van der Waals surface area contributed by atoms with Crippen molar-refractivity contribution in [3.8, 4) is 0 Å². The number of hydrogen-bond acceptors (Lipinski definition) is 2. The van der Waals surface area contributed by atoms with E-state index in [1.165, 1.54) is 0 Å². The number of quaternary nitrogens is 1. The zero-order chi connectivity index (χ0) is 9.19. The van der Waals surface area contributed by atoms with Crippen molar-refractivity contribution in [3.63, 3.8) is 0 Å². The van der Waals surface area contributed by atoms with Crippen LogP contribution in [-0.2, 0) is 0 Å². The zero-order valence-electron chi connectivity index (χ0n) is 7.71. The molecule has 4 heteroatoms. The van der Waals surface area contributed by atoms with Crippen LogP contribution >= 0.6 is 0 Å². The number of rotatable bonds is 1. The highest BCUT2D eigenvalue weighted by atomic mass is 16.4. The fraction of sp³-hybridized carbons (Fsp3) is 0.875. The molecule has 2 N–H and O–H groups in total. The fourth-order valence-electron chi connectivity index (χ4n) is 1.72. The maximum absolute atomic E-state index is 11.1. The van der Waals surface area contributed by atoms with Crippen molar-refractivity contribution < 1.29 is 14.4 Å². The molecule has 0 aromatic rings. The Kier molecular flexibility index (Phi) is 2.69. The van der Waals surface area contributed by atoms with Crippen LogP contribution in [0.5, 0.6) is 0 Å². The minimum absolute atomic E-state index is 0.171. The molecule has 1 fully saturated rings. The van der Waals surface area contributed by atoms with E-state index >= 15 is 0 Å². The van der Waals surface area contributed by atoms with Gasteiger partial charge in [-0.1, -0.05) is 0 Å². The average Bonchev–Trinajstić information content (AvgIpc) is 2.05. The molecule has 1 aliphatic rings. The topological polar surface area (TPSA) is 49.3 Å². The second kappa shape index (κ2) is 3.41. The zero-order valence-corrected chi connectivity index (χ0v) is 7.71. The summed E-state index contributed by atoms with van der Waals surface area (Å²) in [6.07, 6.45) is -0.688. The van der Waals surface area contributed by atoms with Crippen LogP contribution in [0.4, 0.5) is 4.79 Å². The predicted octanol–water partition coefficient (Wildman–Crippen LogP) is 0.493. The van der Waals surface area contributed by atoms with Crippen molar-refractivity contribution in [2.45, 2.75) is 19.9 Å². The lowest BCUT2D eigenvalue weighted by Gasteiger charge is -2.39. The molecule has 0 aromatic carbocycles. The lowest BCUT2D eigenvalue weighted by Crippen LogP contribution is -2.64. The summed E-state index contributed by atoms with van der Waals surface area (Å²) in [6.45, 7) is 6.97. The van der Waals surface area contributed by atoms with Crippen molar-refractivity contribution in [1.82, 2.24) is 5.32 Å². The molecule has 70 valence electrons. The average molecular weight is 173 g/mol. The molecule has 0 spiro atoms. The summed E-state index contributed by atoms with van der Waals surface area (Å²) in [5, 5.41) is 12.3. The minimum Gasteiger partial charge on any atom is -0.435 e. The summed E-state index contributed by atoms with van der Waals surface area (Å²) in [4.78, 5) is 11.1. The molecule has 1 heterocycles. The minimum atomic E-state index is -0.688. The molecule has 1 amide bonds. The highest BCUT2D eigenvalue weighted by Gasteiger charge is 2.40. The van der Waals surface area contributed by atoms with Gasteiger partial charge in [0.1, 0.15) is 13.1 Å². The van der Waals surface area contributed by atoms with Gasteiger partial charge < -0.3 is 10.4 Å². The van der Waals surface area contributed by atoms with Gasteiger partial charge in [-0.25, -0.2) is 4.48 Å². The van der Waals surface area contributed by atoms with Gasteiger partial charge in [0.05, 0.1) is 6.04 Å². The van der Waals surface area contributed by atoms with Crippen molar-refractivity contribution in [2.24, 2.45) is 0 Å². The number of hydrogen-bond donors (Lipinski definition) is 2. The number of carbonyl (C=O) groups is 1. The van der Waals surface area contributed by atoms with Gasteiger partial charge in [0.2, 0.25) is 0 Å². The molecule has 1 aliphatic heterocycles. The van der Waals surface area contributed by atoms with E-state index in [0.717, 1.165) is 13.1 Å². The quantitative estimate of drug-likeness (QED) is 0.567. The van der Waals surface area contributed by atoms with Gasteiger partial charge in [0.25, 0.3) is 0 Å². The van der Waals surface area contributed by atoms with Crippen LogP contribution in [0.25, 0.3) is 0 Å². The second-order valence-electron chi connectivity index (χ2n) is 3.61. The van der Waals surface area contributed by atoms with Gasteiger partial charge in [-0.15, -0.1) is 0 Å². The van der Waals surface area contributed by atoms with E-state index < -0.39 is 6.09 Å². The van der Waals surface area contributed by atoms with Gasteiger partial charge in [-0.05, 0) is 13.8 Å². The Morgan fingerprint density at radius 1 is 1.42 bits per heavy atom. The fourth-order valence-corrected chi connectivity index (χ4v) is 1.72. The molecule has 12 heavy (non-hydrogen) atoms. The van der Waals surface area contributed by atoms with E-state index in [-0.39, 0.29) is 10.5 Å². The summed E-state index contributed by atoms with van der Waals surface area (Å²) < 4.78 is 0.215. The van der Waals surface area contributed by atoms with Crippen LogP contribution in [-0.4, -0.2) is 47.9 Å². The Balaban J connectivity index is 2.77. The van der Waals surface area contributed by atoms with E-state index in [2.05, 4.69) is 5.32 Å². The Morgan fingerprint density at radius 3 is 2.17 bits per heavy atom. The summed E-state index contributed by atoms with van der Waals surface area (Å²) in [5.41, 5.74) is 0. The molecule has 4 nitrogen and oxygen atoms in total. The third-order valence-electron chi connectivity index (χ3n) is 2.74. The highest BCUT2D eigenvalue weighted by molar-refractivity contribution is 5.57. The molecule has 0 aliphatic carbocycles. The van der Waals surface area contributed by atoms with E-state index in [0.29, 0.717) is 13.1 Å². The second-order valence-corrected chi connectivity index (χ2v) is 3.61. The van der Waals surface area contributed by atoms with E-state index in [1.54, 1.807) is 0 Å². The smallest absolute Gasteiger partial charge is 0.435 e. The first kappa shape index (κ1) is 9.48. The van der Waals surface area contributed by atoms with Gasteiger partial charge in [-0.2, -0.15) is 4.79 Å². The molecule has 1 saturated heterocycles. The molecular weight excluding hydrogens is 156 g/mol. The molecule has 0 aromatic heterocycles. The molecule has 0 atom stereocenters. The van der Waals surface area contributed by atoms with Crippen LogP contribution in [0.1, 0.15) is 13.8 Å². The normalized spacial score (nSPS) is 22.6. The van der Waals surface area contributed by atoms with Gasteiger partial charge >= 0.3 is 6.09 Å². The third kappa shape index (κ3) is 1.44. The van der Waals surface area contributed by atoms with Crippen molar-refractivity contribution in [2.75, 3.05) is 26.2 Å². The highest BCUT2D eigenvalue weighted by Crippen LogP contribution is 2.15. The first-order valence-electron chi connectivity index (χ1n) is 4.40. The maximum atomic E-state index is 11.1. The monoisotopic (exact) mass is 173 g/mol. The van der Waals surface area contributed by atoms with Crippen LogP contribution in [0.2, 0.25) is 0 Å². The summed E-state index contributed by atoms with van der Waals surface area (Å²) >= 11 is 0. The standard InChI is InChI=1S/C8H16N2O2/c1-7(2)10(8(11)12)5-3-9-4-6-10/h7,9H,3-6H2,1-2H3/p+1. The Hall–Kier alpha value is -0.610. The Morgan fingerprint density at radius 2 is 1.92 bits per heavy atom. The molecule has 0 radical (unpaired) electrons. The number of nitrogens with one attached hydrogen (secondary N) is 1. The lowest BCUT2D eigenvalue weighted by molar-refractivity contribution is -0.880. The van der Waals surface area contributed by atoms with Gasteiger partial charge in [0.15, 0.2) is 0 Å². The summed E-state index contributed by atoms with van der Waals surface area (Å²) in [5.74, 6) is 0. The van der Waals surface area contributed by atoms with Crippen molar-refractivity contribution in [1.29, 1.82) is 0 Å². The Labute approximate surface area is 72.8 Å². The molecular formula is C8H17N2O2+. The first-order chi connectivity index (χ1) is 5.59. The maximum Gasteiger partial charge on any atom is 0.513 e. The van der Waals surface area contributed by atoms with Gasteiger partial charge in [-0.3, -0.25) is 0 Å². The number of carboxylic acid groups (broad SMARTS) is 1. The molecule has 1 rings (SSSR count). The first-order valence-corrected chi connectivity index (χ1v) is 4.40. The molecule has 0 unspecified atom stereocenters. The number of piperazine rings is 1. The predicted molar refractivity (Wildman–Crippen MR) is 46.0 cm³/mol. The van der Waals surface area contributed by atoms with Crippen LogP contribution in [0.3, 0.4) is 0 Å². The lowest BCUT2D eigenvalue weighted by atomic mass is 10.2.